The highest BCUT2D eigenvalue weighted by Gasteiger charge is 2.27. The number of benzene rings is 2. The Hall–Kier alpha value is -3.61. The molecule has 0 aliphatic carbocycles. The zero-order valence-corrected chi connectivity index (χ0v) is 15.3. The molecule has 28 heavy (non-hydrogen) atoms. The monoisotopic (exact) mass is 376 g/mol. The lowest BCUT2D eigenvalue weighted by Crippen LogP contribution is -2.42. The fourth-order valence-electron chi connectivity index (χ4n) is 3.15. The van der Waals surface area contributed by atoms with Gasteiger partial charge in [0.15, 0.2) is 11.3 Å². The van der Waals surface area contributed by atoms with Gasteiger partial charge >= 0.3 is 0 Å². The highest BCUT2D eigenvalue weighted by molar-refractivity contribution is 6.00. The first-order chi connectivity index (χ1) is 13.4. The molecule has 2 heterocycles. The summed E-state index contributed by atoms with van der Waals surface area (Å²) in [6.07, 6.45) is 3.14. The fraction of sp³-hybridized carbons (Fsp3) is 0.143. The van der Waals surface area contributed by atoms with Crippen LogP contribution in [-0.4, -0.2) is 20.9 Å². The molecule has 6 nitrogen and oxygen atoms in total. The van der Waals surface area contributed by atoms with Crippen molar-refractivity contribution in [3.05, 3.63) is 82.3 Å². The zero-order valence-electron chi connectivity index (χ0n) is 15.3. The molecule has 2 N–H and O–H groups in total. The standard InChI is InChI=1S/C21H17FN4O2/c1-21(2,20-23-8-5-9-24-20)26-19(28)13-11-17-14(10-15(13)22)18(27)12-6-3-4-7-16(12)25-17/h3-11H,1-2H3,(H,25,27)(H,26,28). The quantitative estimate of drug-likeness (QED) is 0.537. The van der Waals surface area contributed by atoms with Crippen LogP contribution in [-0.2, 0) is 5.54 Å². The van der Waals surface area contributed by atoms with Crippen LogP contribution in [0.2, 0.25) is 0 Å². The van der Waals surface area contributed by atoms with Gasteiger partial charge in [-0.1, -0.05) is 12.1 Å². The van der Waals surface area contributed by atoms with Crippen LogP contribution in [0.25, 0.3) is 21.8 Å². The van der Waals surface area contributed by atoms with Crippen LogP contribution in [0.4, 0.5) is 4.39 Å². The van der Waals surface area contributed by atoms with Gasteiger partial charge in [-0.2, -0.15) is 0 Å². The van der Waals surface area contributed by atoms with Gasteiger partial charge in [0.1, 0.15) is 5.82 Å². The smallest absolute Gasteiger partial charge is 0.255 e. The summed E-state index contributed by atoms with van der Waals surface area (Å²) in [7, 11) is 0. The van der Waals surface area contributed by atoms with Crippen LogP contribution in [0.3, 0.4) is 0 Å². The number of aromatic amines is 1. The lowest BCUT2D eigenvalue weighted by molar-refractivity contribution is 0.0904. The number of rotatable bonds is 3. The molecular formula is C21H17FN4O2. The maximum absolute atomic E-state index is 14.7. The molecule has 0 saturated carbocycles. The van der Waals surface area contributed by atoms with Crippen LogP contribution < -0.4 is 10.7 Å². The Bertz CT molecular complexity index is 1270. The Kier molecular flexibility index (Phi) is 4.15. The normalized spacial score (nSPS) is 11.7. The van der Waals surface area contributed by atoms with E-state index in [2.05, 4.69) is 20.3 Å². The van der Waals surface area contributed by atoms with E-state index in [0.29, 0.717) is 22.2 Å². The van der Waals surface area contributed by atoms with E-state index in [-0.39, 0.29) is 16.4 Å². The van der Waals surface area contributed by atoms with Gasteiger partial charge in [0.05, 0.1) is 16.6 Å². The summed E-state index contributed by atoms with van der Waals surface area (Å²) < 4.78 is 14.7. The molecule has 0 saturated heterocycles. The molecule has 2 aromatic heterocycles. The lowest BCUT2D eigenvalue weighted by atomic mass is 10.0. The van der Waals surface area contributed by atoms with Crippen LogP contribution in [0, 0.1) is 5.82 Å². The highest BCUT2D eigenvalue weighted by atomic mass is 19.1. The van der Waals surface area contributed by atoms with Crippen molar-refractivity contribution in [1.82, 2.24) is 20.3 Å². The number of pyridine rings is 1. The van der Waals surface area contributed by atoms with Crippen LogP contribution in [0.15, 0.2) is 59.7 Å². The summed E-state index contributed by atoms with van der Waals surface area (Å²) in [4.78, 5) is 36.8. The zero-order chi connectivity index (χ0) is 19.9. The van der Waals surface area contributed by atoms with Gasteiger partial charge in [0.25, 0.3) is 5.91 Å². The Morgan fingerprint density at radius 1 is 1.04 bits per heavy atom. The molecule has 0 aliphatic heterocycles. The maximum Gasteiger partial charge on any atom is 0.255 e. The summed E-state index contributed by atoms with van der Waals surface area (Å²) in [6, 6.07) is 11.1. The second kappa shape index (κ2) is 6.53. The molecule has 0 spiro atoms. The van der Waals surface area contributed by atoms with Crippen molar-refractivity contribution >= 4 is 27.7 Å². The average molecular weight is 376 g/mol. The molecule has 0 aliphatic rings. The van der Waals surface area contributed by atoms with E-state index in [1.165, 1.54) is 6.07 Å². The first kappa shape index (κ1) is 17.8. The number of H-pyrrole nitrogens is 1. The molecule has 4 rings (SSSR count). The van der Waals surface area contributed by atoms with Crippen molar-refractivity contribution in [1.29, 1.82) is 0 Å². The predicted octanol–water partition coefficient (Wildman–Crippen LogP) is 3.28. The number of aromatic nitrogens is 3. The second-order valence-electron chi connectivity index (χ2n) is 7.03. The number of halogens is 1. The number of hydrogen-bond donors (Lipinski definition) is 2. The van der Waals surface area contributed by atoms with E-state index in [1.807, 2.05) is 0 Å². The summed E-state index contributed by atoms with van der Waals surface area (Å²) in [5.74, 6) is -0.981. The first-order valence-electron chi connectivity index (χ1n) is 8.71. The largest absolute Gasteiger partial charge is 0.354 e. The number of fused-ring (bicyclic) bond motifs is 2. The van der Waals surface area contributed by atoms with Gasteiger partial charge in [-0.15, -0.1) is 0 Å². The van der Waals surface area contributed by atoms with Gasteiger partial charge in [0.2, 0.25) is 0 Å². The highest BCUT2D eigenvalue weighted by Crippen LogP contribution is 2.21. The van der Waals surface area contributed by atoms with Gasteiger partial charge in [-0.05, 0) is 44.2 Å². The molecule has 0 radical (unpaired) electrons. The SMILES string of the molecule is CC(C)(NC(=O)c1cc2[nH]c3ccccc3c(=O)c2cc1F)c1ncccn1. The third-order valence-corrected chi connectivity index (χ3v) is 4.59. The van der Waals surface area contributed by atoms with Crippen molar-refractivity contribution in [3.8, 4) is 0 Å². The third kappa shape index (κ3) is 3.00. The maximum atomic E-state index is 14.7. The predicted molar refractivity (Wildman–Crippen MR) is 105 cm³/mol. The van der Waals surface area contributed by atoms with E-state index >= 15 is 0 Å². The van der Waals surface area contributed by atoms with E-state index < -0.39 is 17.3 Å². The summed E-state index contributed by atoms with van der Waals surface area (Å²) in [5, 5.41) is 3.41. The lowest BCUT2D eigenvalue weighted by Gasteiger charge is -2.24. The summed E-state index contributed by atoms with van der Waals surface area (Å²) in [5.41, 5.74) is -0.341. The van der Waals surface area contributed by atoms with Gasteiger partial charge in [0, 0.05) is 28.7 Å². The van der Waals surface area contributed by atoms with E-state index in [0.717, 1.165) is 6.07 Å². The number of carbonyl (C=O) groups excluding carboxylic acids is 1. The summed E-state index contributed by atoms with van der Waals surface area (Å²) >= 11 is 0. The van der Waals surface area contributed by atoms with Crippen molar-refractivity contribution < 1.29 is 9.18 Å². The Labute approximate surface area is 159 Å². The molecule has 0 atom stereocenters. The minimum absolute atomic E-state index is 0.164. The number of nitrogens with one attached hydrogen (secondary N) is 2. The molecule has 1 amide bonds. The topological polar surface area (TPSA) is 87.7 Å². The first-order valence-corrected chi connectivity index (χ1v) is 8.71. The molecule has 0 unspecified atom stereocenters. The summed E-state index contributed by atoms with van der Waals surface area (Å²) in [6.45, 7) is 3.46. The minimum Gasteiger partial charge on any atom is -0.354 e. The third-order valence-electron chi connectivity index (χ3n) is 4.59. The number of amides is 1. The van der Waals surface area contributed by atoms with Crippen LogP contribution in [0.5, 0.6) is 0 Å². The van der Waals surface area contributed by atoms with Crippen molar-refractivity contribution in [2.45, 2.75) is 19.4 Å². The molecular weight excluding hydrogens is 359 g/mol. The molecule has 4 aromatic rings. The van der Waals surface area contributed by atoms with Crippen molar-refractivity contribution in [3.63, 3.8) is 0 Å². The molecule has 0 bridgehead atoms. The minimum atomic E-state index is -0.906. The molecule has 140 valence electrons. The van der Waals surface area contributed by atoms with Gasteiger partial charge in [-0.3, -0.25) is 9.59 Å². The van der Waals surface area contributed by atoms with Gasteiger partial charge < -0.3 is 10.3 Å². The molecule has 0 fully saturated rings. The average Bonchev–Trinajstić information content (AvgIpc) is 2.69. The van der Waals surface area contributed by atoms with Crippen molar-refractivity contribution in [2.24, 2.45) is 0 Å². The van der Waals surface area contributed by atoms with E-state index in [1.54, 1.807) is 56.6 Å². The Balaban J connectivity index is 1.78. The van der Waals surface area contributed by atoms with Crippen molar-refractivity contribution in [2.75, 3.05) is 0 Å². The molecule has 2 aromatic carbocycles. The molecule has 7 heteroatoms. The van der Waals surface area contributed by atoms with Crippen LogP contribution in [0.1, 0.15) is 30.0 Å². The Morgan fingerprint density at radius 3 is 2.50 bits per heavy atom. The van der Waals surface area contributed by atoms with Crippen LogP contribution >= 0.6 is 0 Å². The second-order valence-corrected chi connectivity index (χ2v) is 7.03. The number of hydrogen-bond acceptors (Lipinski definition) is 4. The van der Waals surface area contributed by atoms with E-state index in [9.17, 15) is 14.0 Å². The number of para-hydroxylation sites is 1. The van der Waals surface area contributed by atoms with E-state index in [4.69, 9.17) is 0 Å². The number of nitrogens with zero attached hydrogens (tertiary/aromatic N) is 2. The fourth-order valence-corrected chi connectivity index (χ4v) is 3.15. The Morgan fingerprint density at radius 2 is 1.75 bits per heavy atom. The number of carbonyl (C=O) groups is 1. The van der Waals surface area contributed by atoms with Gasteiger partial charge in [-0.25, -0.2) is 14.4 Å².